The normalized spacial score (nSPS) is 20.3. The minimum absolute atomic E-state index is 0.128. The van der Waals surface area contributed by atoms with E-state index in [1.807, 2.05) is 41.3 Å². The largest absolute Gasteiger partial charge is 0.367 e. The third-order valence-electron chi connectivity index (χ3n) is 7.31. The van der Waals surface area contributed by atoms with E-state index in [1.165, 1.54) is 11.1 Å². The third-order valence-corrected chi connectivity index (χ3v) is 7.31. The first-order valence-electron chi connectivity index (χ1n) is 12.8. The number of hydrogen-bond acceptors (Lipinski definition) is 5. The maximum Gasteiger partial charge on any atom is 0.240 e. The number of hydrogen-bond donors (Lipinski definition) is 1. The lowest BCUT2D eigenvalue weighted by molar-refractivity contribution is -0.136. The summed E-state index contributed by atoms with van der Waals surface area (Å²) in [7, 11) is 0. The van der Waals surface area contributed by atoms with Crippen molar-refractivity contribution in [1.29, 1.82) is 5.26 Å². The van der Waals surface area contributed by atoms with Gasteiger partial charge in [0.2, 0.25) is 5.91 Å². The van der Waals surface area contributed by atoms with E-state index in [-0.39, 0.29) is 18.0 Å². The predicted molar refractivity (Wildman–Crippen MR) is 142 cm³/mol. The van der Waals surface area contributed by atoms with Gasteiger partial charge in [0.15, 0.2) is 0 Å². The van der Waals surface area contributed by atoms with Gasteiger partial charge >= 0.3 is 0 Å². The van der Waals surface area contributed by atoms with Crippen molar-refractivity contribution in [2.24, 2.45) is 0 Å². The van der Waals surface area contributed by atoms with Crippen molar-refractivity contribution < 1.29 is 4.79 Å². The summed E-state index contributed by atoms with van der Waals surface area (Å²) in [5.74, 6) is 0.225. The molecule has 2 unspecified atom stereocenters. The number of nitrogens with zero attached hydrogens (tertiary/aromatic N) is 4. The fourth-order valence-electron chi connectivity index (χ4n) is 5.38. The Morgan fingerprint density at radius 3 is 2.19 bits per heavy atom. The fraction of sp³-hybridized carbons (Fsp3) is 0.333. The summed E-state index contributed by atoms with van der Waals surface area (Å²) < 4.78 is 0. The number of nitrogens with one attached hydrogen (secondary N) is 1. The molecule has 6 nitrogen and oxygen atoms in total. The average Bonchev–Trinajstić information content (AvgIpc) is 3.35. The molecule has 0 saturated carbocycles. The Morgan fingerprint density at radius 1 is 0.861 bits per heavy atom. The molecule has 2 aliphatic rings. The van der Waals surface area contributed by atoms with Gasteiger partial charge in [0.25, 0.3) is 0 Å². The van der Waals surface area contributed by atoms with Crippen LogP contribution in [0.4, 0.5) is 5.69 Å². The molecular formula is C30H33N5O. The smallest absolute Gasteiger partial charge is 0.240 e. The second-order valence-corrected chi connectivity index (χ2v) is 9.67. The van der Waals surface area contributed by atoms with Gasteiger partial charge < -0.3 is 15.1 Å². The van der Waals surface area contributed by atoms with E-state index in [0.717, 1.165) is 44.8 Å². The molecule has 0 aromatic heterocycles. The first kappa shape index (κ1) is 24.1. The molecule has 36 heavy (non-hydrogen) atoms. The van der Waals surface area contributed by atoms with Gasteiger partial charge in [0.05, 0.1) is 17.3 Å². The maximum absolute atomic E-state index is 13.8. The molecule has 5 rings (SSSR count). The van der Waals surface area contributed by atoms with Crippen LogP contribution in [0, 0.1) is 11.3 Å². The Labute approximate surface area is 213 Å². The van der Waals surface area contributed by atoms with Crippen molar-refractivity contribution in [2.45, 2.75) is 31.6 Å². The van der Waals surface area contributed by atoms with Crippen LogP contribution in [0.2, 0.25) is 0 Å². The zero-order valence-electron chi connectivity index (χ0n) is 20.6. The van der Waals surface area contributed by atoms with Crippen molar-refractivity contribution in [3.8, 4) is 6.07 Å². The van der Waals surface area contributed by atoms with Gasteiger partial charge in [0.1, 0.15) is 6.07 Å². The van der Waals surface area contributed by atoms with Crippen molar-refractivity contribution >= 4 is 11.6 Å². The number of carbonyl (C=O) groups is 1. The summed E-state index contributed by atoms with van der Waals surface area (Å²) in [4.78, 5) is 20.4. The van der Waals surface area contributed by atoms with Crippen LogP contribution in [0.5, 0.6) is 0 Å². The highest BCUT2D eigenvalue weighted by molar-refractivity contribution is 5.82. The van der Waals surface area contributed by atoms with Gasteiger partial charge in [-0.1, -0.05) is 72.8 Å². The number of benzene rings is 3. The highest BCUT2D eigenvalue weighted by Gasteiger charge is 2.39. The molecular weight excluding hydrogens is 446 g/mol. The van der Waals surface area contributed by atoms with E-state index >= 15 is 0 Å². The predicted octanol–water partition coefficient (Wildman–Crippen LogP) is 3.64. The SMILES string of the molecule is N#Cc1ccccc1N1CCN(C(=O)C2CC(NCc3ccccc3)CN2Cc2ccccc2)CC1. The quantitative estimate of drug-likeness (QED) is 0.561. The molecule has 3 aromatic carbocycles. The Morgan fingerprint density at radius 2 is 1.50 bits per heavy atom. The second-order valence-electron chi connectivity index (χ2n) is 9.67. The highest BCUT2D eigenvalue weighted by atomic mass is 16.2. The molecule has 1 amide bonds. The topological polar surface area (TPSA) is 62.6 Å². The number of anilines is 1. The average molecular weight is 480 g/mol. The number of para-hydroxylation sites is 1. The first-order valence-corrected chi connectivity index (χ1v) is 12.8. The van der Waals surface area contributed by atoms with Crippen molar-refractivity contribution in [3.05, 3.63) is 102 Å². The minimum atomic E-state index is -0.128. The minimum Gasteiger partial charge on any atom is -0.367 e. The van der Waals surface area contributed by atoms with E-state index in [1.54, 1.807) is 0 Å². The van der Waals surface area contributed by atoms with Crippen molar-refractivity contribution in [3.63, 3.8) is 0 Å². The van der Waals surface area contributed by atoms with Gasteiger partial charge in [-0.2, -0.15) is 5.26 Å². The summed E-state index contributed by atoms with van der Waals surface area (Å²) in [6.45, 7) is 5.27. The maximum atomic E-state index is 13.8. The molecule has 0 spiro atoms. The Balaban J connectivity index is 1.24. The van der Waals surface area contributed by atoms with Gasteiger partial charge in [0, 0.05) is 51.9 Å². The summed E-state index contributed by atoms with van der Waals surface area (Å²) in [6.07, 6.45) is 0.815. The van der Waals surface area contributed by atoms with Gasteiger partial charge in [-0.25, -0.2) is 0 Å². The standard InChI is InChI=1S/C30H33N5O/c31-20-26-13-7-8-14-28(26)33-15-17-34(18-16-33)30(36)29-19-27(32-21-24-9-3-1-4-10-24)23-35(29)22-25-11-5-2-6-12-25/h1-14,27,29,32H,15-19,21-23H2. The van der Waals surface area contributed by atoms with E-state index in [9.17, 15) is 10.1 Å². The summed E-state index contributed by atoms with van der Waals surface area (Å²) >= 11 is 0. The zero-order chi connectivity index (χ0) is 24.7. The Bertz CT molecular complexity index is 1180. The molecule has 0 aliphatic carbocycles. The highest BCUT2D eigenvalue weighted by Crippen LogP contribution is 2.25. The van der Waals surface area contributed by atoms with Crippen molar-refractivity contribution in [2.75, 3.05) is 37.6 Å². The molecule has 0 radical (unpaired) electrons. The number of carbonyl (C=O) groups excluding carboxylic acids is 1. The molecule has 2 heterocycles. The Kier molecular flexibility index (Phi) is 7.61. The van der Waals surface area contributed by atoms with Crippen LogP contribution in [0.3, 0.4) is 0 Å². The third kappa shape index (κ3) is 5.59. The van der Waals surface area contributed by atoms with Crippen LogP contribution in [-0.2, 0) is 17.9 Å². The van der Waals surface area contributed by atoms with E-state index < -0.39 is 0 Å². The number of likely N-dealkylation sites (tertiary alicyclic amines) is 1. The van der Waals surface area contributed by atoms with Crippen LogP contribution in [0.1, 0.15) is 23.1 Å². The van der Waals surface area contributed by atoms with Crippen LogP contribution in [0.15, 0.2) is 84.9 Å². The molecule has 6 heteroatoms. The lowest BCUT2D eigenvalue weighted by atomic mass is 10.1. The first-order chi connectivity index (χ1) is 17.7. The number of piperazine rings is 1. The molecule has 2 atom stereocenters. The van der Waals surface area contributed by atoms with Gasteiger partial charge in [-0.05, 0) is 29.7 Å². The molecule has 2 fully saturated rings. The molecule has 3 aromatic rings. The number of amides is 1. The molecule has 1 N–H and O–H groups in total. The Hall–Kier alpha value is -3.66. The monoisotopic (exact) mass is 479 g/mol. The second kappa shape index (κ2) is 11.4. The molecule has 0 bridgehead atoms. The van der Waals surface area contributed by atoms with Gasteiger partial charge in [-0.15, -0.1) is 0 Å². The lowest BCUT2D eigenvalue weighted by Crippen LogP contribution is -2.53. The van der Waals surface area contributed by atoms with Crippen molar-refractivity contribution in [1.82, 2.24) is 15.1 Å². The van der Waals surface area contributed by atoms with Gasteiger partial charge in [-0.3, -0.25) is 9.69 Å². The van der Waals surface area contributed by atoms with Crippen LogP contribution < -0.4 is 10.2 Å². The summed E-state index contributed by atoms with van der Waals surface area (Å²) in [5.41, 5.74) is 4.14. The molecule has 2 saturated heterocycles. The fourth-order valence-corrected chi connectivity index (χ4v) is 5.38. The van der Waals surface area contributed by atoms with Crippen LogP contribution in [-0.4, -0.2) is 60.5 Å². The molecule has 2 aliphatic heterocycles. The lowest BCUT2D eigenvalue weighted by Gasteiger charge is -2.38. The summed E-state index contributed by atoms with van der Waals surface area (Å²) in [6, 6.07) is 31.0. The van der Waals surface area contributed by atoms with E-state index in [0.29, 0.717) is 18.7 Å². The van der Waals surface area contributed by atoms with E-state index in [2.05, 4.69) is 69.7 Å². The number of rotatable bonds is 7. The summed E-state index contributed by atoms with van der Waals surface area (Å²) in [5, 5.41) is 13.2. The van der Waals surface area contributed by atoms with E-state index in [4.69, 9.17) is 0 Å². The molecule has 184 valence electrons. The van der Waals surface area contributed by atoms with Crippen LogP contribution in [0.25, 0.3) is 0 Å². The van der Waals surface area contributed by atoms with Crippen LogP contribution >= 0.6 is 0 Å². The zero-order valence-corrected chi connectivity index (χ0v) is 20.6. The number of nitriles is 1.